The Balaban J connectivity index is 1.69. The predicted octanol–water partition coefficient (Wildman–Crippen LogP) is 2.00. The highest BCUT2D eigenvalue weighted by Crippen LogP contribution is 2.32. The molecule has 1 aliphatic heterocycles. The van der Waals surface area contributed by atoms with Crippen LogP contribution < -0.4 is 14.2 Å². The maximum absolute atomic E-state index is 11.9. The molecule has 1 aromatic heterocycles. The number of nitrogens with one attached hydrogen (secondary N) is 1. The zero-order valence-corrected chi connectivity index (χ0v) is 12.8. The van der Waals surface area contributed by atoms with E-state index in [0.29, 0.717) is 17.1 Å². The van der Waals surface area contributed by atoms with Gasteiger partial charge in [-0.05, 0) is 35.2 Å². The van der Waals surface area contributed by atoms with E-state index in [4.69, 9.17) is 9.47 Å². The molecule has 0 spiro atoms. The van der Waals surface area contributed by atoms with E-state index in [1.54, 1.807) is 29.6 Å². The molecule has 22 heavy (non-hydrogen) atoms. The van der Waals surface area contributed by atoms with Gasteiger partial charge in [-0.2, -0.15) is 0 Å². The van der Waals surface area contributed by atoms with Crippen LogP contribution in [-0.4, -0.2) is 21.1 Å². The van der Waals surface area contributed by atoms with E-state index in [1.165, 1.54) is 12.1 Å². The van der Waals surface area contributed by atoms with Gasteiger partial charge in [0.05, 0.1) is 0 Å². The molecule has 2 aromatic rings. The van der Waals surface area contributed by atoms with Crippen LogP contribution in [0.3, 0.4) is 0 Å². The largest absolute Gasteiger partial charge is 0.454 e. The van der Waals surface area contributed by atoms with Gasteiger partial charge in [0.2, 0.25) is 6.79 Å². The van der Waals surface area contributed by atoms with E-state index in [0.717, 1.165) is 17.4 Å². The molecule has 0 fully saturated rings. The van der Waals surface area contributed by atoms with Crippen molar-refractivity contribution in [3.63, 3.8) is 0 Å². The van der Waals surface area contributed by atoms with Gasteiger partial charge < -0.3 is 9.47 Å². The number of carbonyl (C=O) groups is 1. The molecule has 0 atom stereocenters. The summed E-state index contributed by atoms with van der Waals surface area (Å²) in [5.74, 6) is 0.515. The third kappa shape index (κ3) is 3.12. The number of ether oxygens (including phenoxy) is 2. The summed E-state index contributed by atoms with van der Waals surface area (Å²) in [5.41, 5.74) is 0.702. The molecular formula is C14H11NO5S2. The Morgan fingerprint density at radius 2 is 2.05 bits per heavy atom. The summed E-state index contributed by atoms with van der Waals surface area (Å²) in [7, 11) is -3.81. The molecular weight excluding hydrogens is 326 g/mol. The summed E-state index contributed by atoms with van der Waals surface area (Å²) < 4.78 is 36.2. The minimum absolute atomic E-state index is 0.0947. The second-order valence-electron chi connectivity index (χ2n) is 4.35. The highest BCUT2D eigenvalue weighted by atomic mass is 32.2. The Hall–Kier alpha value is -2.32. The zero-order valence-electron chi connectivity index (χ0n) is 11.2. The van der Waals surface area contributed by atoms with E-state index in [2.05, 4.69) is 0 Å². The van der Waals surface area contributed by atoms with Gasteiger partial charge in [0.15, 0.2) is 11.5 Å². The van der Waals surface area contributed by atoms with Crippen molar-refractivity contribution in [1.29, 1.82) is 0 Å². The fourth-order valence-electron chi connectivity index (χ4n) is 1.82. The van der Waals surface area contributed by atoms with Crippen molar-refractivity contribution in [1.82, 2.24) is 4.72 Å². The van der Waals surface area contributed by atoms with Crippen LogP contribution in [-0.2, 0) is 14.8 Å². The summed E-state index contributed by atoms with van der Waals surface area (Å²) in [6.07, 6.45) is 2.66. The molecule has 1 N–H and O–H groups in total. The lowest BCUT2D eigenvalue weighted by atomic mass is 10.2. The number of hydrogen-bond acceptors (Lipinski definition) is 6. The molecule has 1 aliphatic rings. The first kappa shape index (κ1) is 14.6. The molecule has 1 aromatic carbocycles. The molecule has 1 amide bonds. The monoisotopic (exact) mass is 337 g/mol. The topological polar surface area (TPSA) is 81.7 Å². The molecule has 0 unspecified atom stereocenters. The second-order valence-corrected chi connectivity index (χ2v) is 7.20. The first-order chi connectivity index (χ1) is 10.5. The molecule has 0 aliphatic carbocycles. The maximum Gasteiger partial charge on any atom is 0.273 e. The quantitative estimate of drug-likeness (QED) is 0.863. The van der Waals surface area contributed by atoms with E-state index >= 15 is 0 Å². The number of benzene rings is 1. The smallest absolute Gasteiger partial charge is 0.273 e. The van der Waals surface area contributed by atoms with Gasteiger partial charge in [-0.3, -0.25) is 4.79 Å². The fourth-order valence-corrected chi connectivity index (χ4v) is 3.76. The van der Waals surface area contributed by atoms with Gasteiger partial charge in [-0.1, -0.05) is 12.1 Å². The van der Waals surface area contributed by atoms with Crippen LogP contribution in [0.5, 0.6) is 11.5 Å². The van der Waals surface area contributed by atoms with Crippen LogP contribution in [0, 0.1) is 0 Å². The van der Waals surface area contributed by atoms with Crippen molar-refractivity contribution in [2.24, 2.45) is 0 Å². The van der Waals surface area contributed by atoms with Crippen molar-refractivity contribution in [3.05, 3.63) is 47.4 Å². The van der Waals surface area contributed by atoms with Gasteiger partial charge in [0.1, 0.15) is 4.21 Å². The Morgan fingerprint density at radius 1 is 1.23 bits per heavy atom. The van der Waals surface area contributed by atoms with Crippen LogP contribution in [0.1, 0.15) is 5.56 Å². The number of rotatable bonds is 4. The number of thiophene rings is 1. The predicted molar refractivity (Wildman–Crippen MR) is 81.2 cm³/mol. The third-order valence-electron chi connectivity index (χ3n) is 2.82. The number of hydrogen-bond donors (Lipinski definition) is 1. The van der Waals surface area contributed by atoms with E-state index < -0.39 is 15.9 Å². The number of fused-ring (bicyclic) bond motifs is 1. The summed E-state index contributed by atoms with van der Waals surface area (Å²) in [6.45, 7) is 0.169. The average Bonchev–Trinajstić information content (AvgIpc) is 3.15. The third-order valence-corrected chi connectivity index (χ3v) is 5.56. The molecule has 0 radical (unpaired) electrons. The standard InChI is InChI=1S/C14H11NO5S2/c16-13(15-22(17,18)14-2-1-7-21-14)6-4-10-3-5-11-12(8-10)20-9-19-11/h1-8H,9H2,(H,15,16)/b6-4+. The van der Waals surface area contributed by atoms with Crippen LogP contribution in [0.4, 0.5) is 0 Å². The summed E-state index contributed by atoms with van der Waals surface area (Å²) >= 11 is 1.04. The maximum atomic E-state index is 11.9. The van der Waals surface area contributed by atoms with Gasteiger partial charge in [-0.15, -0.1) is 11.3 Å². The van der Waals surface area contributed by atoms with Gasteiger partial charge in [0.25, 0.3) is 15.9 Å². The van der Waals surface area contributed by atoms with Crippen molar-refractivity contribution in [2.75, 3.05) is 6.79 Å². The normalized spacial score (nSPS) is 13.5. The van der Waals surface area contributed by atoms with Crippen molar-refractivity contribution >= 4 is 33.3 Å². The van der Waals surface area contributed by atoms with Crippen molar-refractivity contribution < 1.29 is 22.7 Å². The molecule has 114 valence electrons. The lowest BCUT2D eigenvalue weighted by molar-refractivity contribution is -0.114. The first-order valence-corrected chi connectivity index (χ1v) is 8.59. The molecule has 8 heteroatoms. The molecule has 3 rings (SSSR count). The molecule has 0 saturated carbocycles. The highest BCUT2D eigenvalue weighted by molar-refractivity contribution is 7.92. The number of sulfonamides is 1. The Kier molecular flexibility index (Phi) is 3.86. The molecule has 2 heterocycles. The molecule has 0 saturated heterocycles. The minimum Gasteiger partial charge on any atom is -0.454 e. The Labute approximate surface area is 131 Å². The first-order valence-electron chi connectivity index (χ1n) is 6.23. The van der Waals surface area contributed by atoms with Gasteiger partial charge in [-0.25, -0.2) is 13.1 Å². The molecule has 0 bridgehead atoms. The van der Waals surface area contributed by atoms with E-state index in [9.17, 15) is 13.2 Å². The lowest BCUT2D eigenvalue weighted by Gasteiger charge is -2.01. The van der Waals surface area contributed by atoms with Crippen molar-refractivity contribution in [3.8, 4) is 11.5 Å². The van der Waals surface area contributed by atoms with E-state index in [1.807, 2.05) is 4.72 Å². The Bertz CT molecular complexity index is 825. The molecule has 6 nitrogen and oxygen atoms in total. The highest BCUT2D eigenvalue weighted by Gasteiger charge is 2.17. The zero-order chi connectivity index (χ0) is 15.6. The van der Waals surface area contributed by atoms with Crippen LogP contribution in [0.25, 0.3) is 6.08 Å². The number of carbonyl (C=O) groups excluding carboxylic acids is 1. The summed E-state index contributed by atoms with van der Waals surface area (Å²) in [5, 5.41) is 1.63. The lowest BCUT2D eigenvalue weighted by Crippen LogP contribution is -2.28. The van der Waals surface area contributed by atoms with Crippen molar-refractivity contribution in [2.45, 2.75) is 4.21 Å². The van der Waals surface area contributed by atoms with Crippen LogP contribution in [0.15, 0.2) is 46.0 Å². The average molecular weight is 337 g/mol. The minimum atomic E-state index is -3.81. The number of amides is 1. The van der Waals surface area contributed by atoms with Gasteiger partial charge in [0, 0.05) is 6.08 Å². The summed E-state index contributed by atoms with van der Waals surface area (Å²) in [6, 6.07) is 8.21. The van der Waals surface area contributed by atoms with E-state index in [-0.39, 0.29) is 11.0 Å². The van der Waals surface area contributed by atoms with Crippen LogP contribution >= 0.6 is 11.3 Å². The van der Waals surface area contributed by atoms with Crippen LogP contribution in [0.2, 0.25) is 0 Å². The van der Waals surface area contributed by atoms with Gasteiger partial charge >= 0.3 is 0 Å². The second kappa shape index (κ2) is 5.82. The fraction of sp³-hybridized carbons (Fsp3) is 0.0714. The Morgan fingerprint density at radius 3 is 2.82 bits per heavy atom. The SMILES string of the molecule is O=C(/C=C/c1ccc2c(c1)OCO2)NS(=O)(=O)c1cccs1. The summed E-state index contributed by atoms with van der Waals surface area (Å²) in [4.78, 5) is 11.7.